The third kappa shape index (κ3) is 4.16. The number of likely N-dealkylation sites (tertiary alicyclic amines) is 1. The first-order chi connectivity index (χ1) is 8.34. The molecule has 17 heavy (non-hydrogen) atoms. The van der Waals surface area contributed by atoms with E-state index in [1.807, 2.05) is 36.4 Å². The van der Waals surface area contributed by atoms with Gasteiger partial charge in [0.25, 0.3) is 0 Å². The van der Waals surface area contributed by atoms with Crippen LogP contribution in [0.5, 0.6) is 0 Å². The van der Waals surface area contributed by atoms with Crippen molar-refractivity contribution in [1.82, 2.24) is 4.90 Å². The Kier molecular flexibility index (Phi) is 4.51. The lowest BCUT2D eigenvalue weighted by atomic mass is 10.2. The lowest BCUT2D eigenvalue weighted by molar-refractivity contribution is -0.114. The van der Waals surface area contributed by atoms with Gasteiger partial charge in [0.2, 0.25) is 0 Å². The van der Waals surface area contributed by atoms with Crippen molar-refractivity contribution in [2.45, 2.75) is 19.3 Å². The van der Waals surface area contributed by atoms with Crippen LogP contribution in [0.4, 0.5) is 0 Å². The first kappa shape index (κ1) is 12.1. The minimum Gasteiger partial charge on any atom is -0.303 e. The molecule has 1 heterocycles. The third-order valence-electron chi connectivity index (χ3n) is 3.13. The van der Waals surface area contributed by atoms with Crippen LogP contribution in [0.3, 0.4) is 0 Å². The Morgan fingerprint density at radius 3 is 2.59 bits per heavy atom. The molecule has 0 bridgehead atoms. The highest BCUT2D eigenvalue weighted by atomic mass is 16.1. The Bertz CT molecular complexity index is 377. The lowest BCUT2D eigenvalue weighted by Crippen LogP contribution is -2.22. The molecule has 1 aromatic rings. The van der Waals surface area contributed by atoms with Crippen LogP contribution in [0.1, 0.15) is 24.8 Å². The maximum absolute atomic E-state index is 11.7. The molecular weight excluding hydrogens is 210 g/mol. The lowest BCUT2D eigenvalue weighted by Gasteiger charge is -2.12. The summed E-state index contributed by atoms with van der Waals surface area (Å²) >= 11 is 0. The van der Waals surface area contributed by atoms with Gasteiger partial charge >= 0.3 is 0 Å². The van der Waals surface area contributed by atoms with Crippen LogP contribution in [0.15, 0.2) is 36.4 Å². The number of hydrogen-bond donors (Lipinski definition) is 0. The van der Waals surface area contributed by atoms with E-state index in [1.54, 1.807) is 6.08 Å². The van der Waals surface area contributed by atoms with Crippen molar-refractivity contribution in [1.29, 1.82) is 0 Å². The Hall–Kier alpha value is -1.41. The molecule has 2 heteroatoms. The number of allylic oxidation sites excluding steroid dienone is 1. The third-order valence-corrected chi connectivity index (χ3v) is 3.13. The smallest absolute Gasteiger partial charge is 0.156 e. The van der Waals surface area contributed by atoms with Crippen molar-refractivity contribution < 1.29 is 4.79 Å². The monoisotopic (exact) mass is 229 g/mol. The fourth-order valence-corrected chi connectivity index (χ4v) is 2.11. The van der Waals surface area contributed by atoms with Crippen molar-refractivity contribution in [3.63, 3.8) is 0 Å². The van der Waals surface area contributed by atoms with E-state index in [0.29, 0.717) is 6.42 Å². The summed E-state index contributed by atoms with van der Waals surface area (Å²) in [6, 6.07) is 9.95. The van der Waals surface area contributed by atoms with Gasteiger partial charge in [-0.3, -0.25) is 4.79 Å². The standard InChI is InChI=1S/C15H19NO/c17-15(10-13-16-11-4-5-12-16)9-8-14-6-2-1-3-7-14/h1-3,6-9H,4-5,10-13H2/b9-8+. The van der Waals surface area contributed by atoms with Gasteiger partial charge in [-0.25, -0.2) is 0 Å². The summed E-state index contributed by atoms with van der Waals surface area (Å²) in [6.45, 7) is 3.24. The minimum atomic E-state index is 0.223. The average molecular weight is 229 g/mol. The summed E-state index contributed by atoms with van der Waals surface area (Å²) < 4.78 is 0. The molecule has 1 fully saturated rings. The molecule has 2 nitrogen and oxygen atoms in total. The van der Waals surface area contributed by atoms with E-state index in [-0.39, 0.29) is 5.78 Å². The quantitative estimate of drug-likeness (QED) is 0.724. The van der Waals surface area contributed by atoms with Crippen molar-refractivity contribution in [3.05, 3.63) is 42.0 Å². The van der Waals surface area contributed by atoms with Crippen LogP contribution in [0.25, 0.3) is 6.08 Å². The number of carbonyl (C=O) groups is 1. The highest BCUT2D eigenvalue weighted by molar-refractivity contribution is 5.93. The summed E-state index contributed by atoms with van der Waals surface area (Å²) in [6.07, 6.45) is 6.81. The number of benzene rings is 1. The molecule has 1 aliphatic rings. The normalized spacial score (nSPS) is 16.7. The molecule has 0 radical (unpaired) electrons. The SMILES string of the molecule is O=C(/C=C/c1ccccc1)CCN1CCCC1. The van der Waals surface area contributed by atoms with Gasteiger partial charge < -0.3 is 4.90 Å². The summed E-state index contributed by atoms with van der Waals surface area (Å²) in [5.74, 6) is 0.223. The Morgan fingerprint density at radius 1 is 1.18 bits per heavy atom. The number of ketones is 1. The van der Waals surface area contributed by atoms with E-state index < -0.39 is 0 Å². The predicted molar refractivity (Wildman–Crippen MR) is 70.8 cm³/mol. The topological polar surface area (TPSA) is 20.3 Å². The van der Waals surface area contributed by atoms with Crippen molar-refractivity contribution in [3.8, 4) is 0 Å². The van der Waals surface area contributed by atoms with Gasteiger partial charge in [-0.2, -0.15) is 0 Å². The van der Waals surface area contributed by atoms with Gasteiger partial charge in [0, 0.05) is 13.0 Å². The van der Waals surface area contributed by atoms with E-state index in [4.69, 9.17) is 0 Å². The summed E-state index contributed by atoms with van der Waals surface area (Å²) in [7, 11) is 0. The number of rotatable bonds is 5. The highest BCUT2D eigenvalue weighted by Gasteiger charge is 2.11. The average Bonchev–Trinajstić information content (AvgIpc) is 2.88. The fraction of sp³-hybridized carbons (Fsp3) is 0.400. The van der Waals surface area contributed by atoms with Gasteiger partial charge in [0.1, 0.15) is 0 Å². The molecule has 0 unspecified atom stereocenters. The van der Waals surface area contributed by atoms with Gasteiger partial charge in [-0.1, -0.05) is 36.4 Å². The molecule has 0 aromatic heterocycles. The number of carbonyl (C=O) groups excluding carboxylic acids is 1. The van der Waals surface area contributed by atoms with Crippen LogP contribution >= 0.6 is 0 Å². The van der Waals surface area contributed by atoms with E-state index in [0.717, 1.165) is 25.2 Å². The Labute approximate surface area is 103 Å². The van der Waals surface area contributed by atoms with Crippen molar-refractivity contribution >= 4 is 11.9 Å². The van der Waals surface area contributed by atoms with Gasteiger partial charge in [0.05, 0.1) is 0 Å². The molecule has 0 atom stereocenters. The molecule has 0 aliphatic carbocycles. The maximum atomic E-state index is 11.7. The molecule has 1 aliphatic heterocycles. The van der Waals surface area contributed by atoms with Crippen molar-refractivity contribution in [2.75, 3.05) is 19.6 Å². The van der Waals surface area contributed by atoms with E-state index in [9.17, 15) is 4.79 Å². The van der Waals surface area contributed by atoms with E-state index in [1.165, 1.54) is 12.8 Å². The highest BCUT2D eigenvalue weighted by Crippen LogP contribution is 2.08. The van der Waals surface area contributed by atoms with Crippen LogP contribution < -0.4 is 0 Å². The summed E-state index contributed by atoms with van der Waals surface area (Å²) in [4.78, 5) is 14.0. The maximum Gasteiger partial charge on any atom is 0.156 e. The van der Waals surface area contributed by atoms with E-state index in [2.05, 4.69) is 4.90 Å². The zero-order valence-electron chi connectivity index (χ0n) is 10.1. The second-order valence-electron chi connectivity index (χ2n) is 4.51. The Balaban J connectivity index is 1.75. The first-order valence-electron chi connectivity index (χ1n) is 6.33. The number of nitrogens with zero attached hydrogens (tertiary/aromatic N) is 1. The molecule has 0 spiro atoms. The molecule has 0 saturated carbocycles. The van der Waals surface area contributed by atoms with Crippen LogP contribution in [-0.2, 0) is 4.79 Å². The molecule has 0 N–H and O–H groups in total. The van der Waals surface area contributed by atoms with Crippen LogP contribution in [0, 0.1) is 0 Å². The van der Waals surface area contributed by atoms with Crippen LogP contribution in [0.2, 0.25) is 0 Å². The first-order valence-corrected chi connectivity index (χ1v) is 6.33. The molecule has 0 amide bonds. The van der Waals surface area contributed by atoms with Gasteiger partial charge in [-0.05, 0) is 37.6 Å². The zero-order chi connectivity index (χ0) is 11.9. The second kappa shape index (κ2) is 6.36. The Morgan fingerprint density at radius 2 is 1.88 bits per heavy atom. The molecule has 90 valence electrons. The summed E-state index contributed by atoms with van der Waals surface area (Å²) in [5, 5.41) is 0. The van der Waals surface area contributed by atoms with Gasteiger partial charge in [0.15, 0.2) is 5.78 Å². The molecule has 1 saturated heterocycles. The molecular formula is C15H19NO. The number of hydrogen-bond acceptors (Lipinski definition) is 2. The largest absolute Gasteiger partial charge is 0.303 e. The second-order valence-corrected chi connectivity index (χ2v) is 4.51. The molecule has 1 aromatic carbocycles. The van der Waals surface area contributed by atoms with Crippen molar-refractivity contribution in [2.24, 2.45) is 0 Å². The fourth-order valence-electron chi connectivity index (χ4n) is 2.11. The minimum absolute atomic E-state index is 0.223. The van der Waals surface area contributed by atoms with Crippen LogP contribution in [-0.4, -0.2) is 30.3 Å². The van der Waals surface area contributed by atoms with Gasteiger partial charge in [-0.15, -0.1) is 0 Å². The van der Waals surface area contributed by atoms with E-state index >= 15 is 0 Å². The molecule has 2 rings (SSSR count). The predicted octanol–water partition coefficient (Wildman–Crippen LogP) is 2.75. The zero-order valence-corrected chi connectivity index (χ0v) is 10.1. The summed E-state index contributed by atoms with van der Waals surface area (Å²) in [5.41, 5.74) is 1.09.